The molecule has 0 aliphatic carbocycles. The fourth-order valence-electron chi connectivity index (χ4n) is 4.12. The number of nitrogens with zero attached hydrogens (tertiary/aromatic N) is 6. The topological polar surface area (TPSA) is 62.7 Å². The molecule has 0 saturated carbocycles. The minimum Gasteiger partial charge on any atom is -0.461 e. The molecule has 3 aromatic heterocycles. The van der Waals surface area contributed by atoms with Gasteiger partial charge in [-0.3, -0.25) is 0 Å². The third-order valence-electron chi connectivity index (χ3n) is 5.71. The number of halogens is 1. The van der Waals surface area contributed by atoms with Crippen molar-refractivity contribution >= 4 is 28.9 Å². The van der Waals surface area contributed by atoms with Gasteiger partial charge in [-0.2, -0.15) is 9.50 Å². The lowest BCUT2D eigenvalue weighted by Crippen LogP contribution is -2.47. The number of piperazine rings is 1. The van der Waals surface area contributed by atoms with Crippen molar-refractivity contribution in [2.75, 3.05) is 36.0 Å². The zero-order chi connectivity index (χ0) is 21.4. The number of fused-ring (bicyclic) bond motifs is 1. The normalized spacial score (nSPS) is 14.5. The molecule has 0 unspecified atom stereocenters. The summed E-state index contributed by atoms with van der Waals surface area (Å²) in [5.41, 5.74) is 3.49. The van der Waals surface area contributed by atoms with Gasteiger partial charge >= 0.3 is 0 Å². The van der Waals surface area contributed by atoms with Gasteiger partial charge in [0.05, 0.1) is 6.26 Å². The van der Waals surface area contributed by atoms with E-state index in [4.69, 9.17) is 26.1 Å². The van der Waals surface area contributed by atoms with E-state index in [1.165, 1.54) is 11.3 Å². The molecule has 1 aliphatic rings. The predicted octanol–water partition coefficient (Wildman–Crippen LogP) is 4.63. The first-order valence-electron chi connectivity index (χ1n) is 10.7. The van der Waals surface area contributed by atoms with Crippen LogP contribution in [0.4, 0.5) is 11.5 Å². The van der Waals surface area contributed by atoms with Crippen LogP contribution in [0.3, 0.4) is 0 Å². The van der Waals surface area contributed by atoms with Crippen molar-refractivity contribution in [3.8, 4) is 11.6 Å². The van der Waals surface area contributed by atoms with E-state index in [1.54, 1.807) is 6.26 Å². The Balaban J connectivity index is 1.46. The molecular formula is C23H25ClN6O. The summed E-state index contributed by atoms with van der Waals surface area (Å²) in [6, 6.07) is 11.9. The predicted molar refractivity (Wildman–Crippen MR) is 123 cm³/mol. The molecule has 1 aliphatic heterocycles. The zero-order valence-corrected chi connectivity index (χ0v) is 18.5. The van der Waals surface area contributed by atoms with E-state index < -0.39 is 0 Å². The smallest absolute Gasteiger partial charge is 0.255 e. The van der Waals surface area contributed by atoms with Gasteiger partial charge < -0.3 is 14.2 Å². The molecule has 1 fully saturated rings. The minimum atomic E-state index is 0.556. The molecule has 4 aromatic rings. The Morgan fingerprint density at radius 2 is 1.84 bits per heavy atom. The number of hydrogen-bond donors (Lipinski definition) is 0. The maximum absolute atomic E-state index is 6.25. The maximum Gasteiger partial charge on any atom is 0.255 e. The molecule has 1 saturated heterocycles. The van der Waals surface area contributed by atoms with Crippen LogP contribution in [0.1, 0.15) is 24.6 Å². The third kappa shape index (κ3) is 3.85. The van der Waals surface area contributed by atoms with Crippen LogP contribution in [0, 0.1) is 6.92 Å². The molecule has 1 aromatic carbocycles. The lowest BCUT2D eigenvalue weighted by atomic mass is 10.1. The average molecular weight is 437 g/mol. The molecule has 0 N–H and O–H groups in total. The summed E-state index contributed by atoms with van der Waals surface area (Å²) in [6.45, 7) is 7.88. The Labute approximate surface area is 186 Å². The van der Waals surface area contributed by atoms with Crippen LogP contribution in [-0.2, 0) is 6.42 Å². The highest BCUT2D eigenvalue weighted by atomic mass is 35.5. The lowest BCUT2D eigenvalue weighted by Gasteiger charge is -2.38. The highest BCUT2D eigenvalue weighted by Crippen LogP contribution is 2.27. The summed E-state index contributed by atoms with van der Waals surface area (Å²) in [5, 5.41) is 5.49. The quantitative estimate of drug-likeness (QED) is 0.454. The van der Waals surface area contributed by atoms with Gasteiger partial charge in [0.1, 0.15) is 5.82 Å². The number of aryl methyl sites for hydroxylation is 2. The van der Waals surface area contributed by atoms with Gasteiger partial charge in [-0.1, -0.05) is 31.0 Å². The van der Waals surface area contributed by atoms with Gasteiger partial charge in [0.15, 0.2) is 5.76 Å². The number of aromatic nitrogens is 4. The maximum atomic E-state index is 6.25. The Hall–Kier alpha value is -3.06. The van der Waals surface area contributed by atoms with Crippen LogP contribution in [-0.4, -0.2) is 45.8 Å². The summed E-state index contributed by atoms with van der Waals surface area (Å²) in [4.78, 5) is 14.1. The lowest BCUT2D eigenvalue weighted by molar-refractivity contribution is 0.577. The molecule has 160 valence electrons. The molecule has 5 rings (SSSR count). The van der Waals surface area contributed by atoms with Gasteiger partial charge in [0.25, 0.3) is 5.78 Å². The number of furan rings is 1. The Bertz CT molecular complexity index is 1190. The van der Waals surface area contributed by atoms with Crippen molar-refractivity contribution in [3.63, 3.8) is 0 Å². The highest BCUT2D eigenvalue weighted by molar-refractivity contribution is 6.30. The van der Waals surface area contributed by atoms with Crippen molar-refractivity contribution < 1.29 is 4.42 Å². The van der Waals surface area contributed by atoms with E-state index in [0.29, 0.717) is 17.4 Å². The molecule has 0 amide bonds. The SMILES string of the molecule is CCCc1cc(N2CCN(c3cc(Cl)ccc3C)CC2)n2nc(-c3ccco3)nc2n1. The summed E-state index contributed by atoms with van der Waals surface area (Å²) >= 11 is 6.25. The Kier molecular flexibility index (Phi) is 5.28. The van der Waals surface area contributed by atoms with Gasteiger partial charge in [0, 0.05) is 48.6 Å². The van der Waals surface area contributed by atoms with E-state index in [0.717, 1.165) is 55.6 Å². The van der Waals surface area contributed by atoms with Crippen LogP contribution >= 0.6 is 11.6 Å². The first-order chi connectivity index (χ1) is 15.1. The second kappa shape index (κ2) is 8.23. The van der Waals surface area contributed by atoms with Gasteiger partial charge in [-0.15, -0.1) is 5.10 Å². The molecule has 31 heavy (non-hydrogen) atoms. The standard InChI is InChI=1S/C23H25ClN6O/c1-3-5-18-15-21(30-23(25-18)26-22(27-30)20-6-4-13-31-20)29-11-9-28(10-12-29)19-14-17(24)8-7-16(19)2/h4,6-8,13-15H,3,5,9-12H2,1-2H3. The molecular weight excluding hydrogens is 412 g/mol. The molecule has 8 heteroatoms. The van der Waals surface area contributed by atoms with Crippen LogP contribution in [0.25, 0.3) is 17.4 Å². The van der Waals surface area contributed by atoms with Crippen LogP contribution in [0.15, 0.2) is 47.1 Å². The van der Waals surface area contributed by atoms with Crippen LogP contribution in [0.5, 0.6) is 0 Å². The molecule has 0 spiro atoms. The van der Waals surface area contributed by atoms with Crippen LogP contribution in [0.2, 0.25) is 5.02 Å². The summed E-state index contributed by atoms with van der Waals surface area (Å²) in [5.74, 6) is 2.84. The fraction of sp³-hybridized carbons (Fsp3) is 0.348. The third-order valence-corrected chi connectivity index (χ3v) is 5.94. The number of anilines is 2. The van der Waals surface area contributed by atoms with Gasteiger partial charge in [-0.05, 0) is 43.2 Å². The van der Waals surface area contributed by atoms with E-state index in [9.17, 15) is 0 Å². The molecule has 4 heterocycles. The largest absolute Gasteiger partial charge is 0.461 e. The van der Waals surface area contributed by atoms with Crippen molar-refractivity contribution in [1.82, 2.24) is 19.6 Å². The van der Waals surface area contributed by atoms with E-state index >= 15 is 0 Å². The van der Waals surface area contributed by atoms with E-state index in [2.05, 4.69) is 46.8 Å². The summed E-state index contributed by atoms with van der Waals surface area (Å²) in [6.07, 6.45) is 3.58. The average Bonchev–Trinajstić information content (AvgIpc) is 3.45. The van der Waals surface area contributed by atoms with Gasteiger partial charge in [-0.25, -0.2) is 4.98 Å². The van der Waals surface area contributed by atoms with Crippen molar-refractivity contribution in [1.29, 1.82) is 0 Å². The number of benzene rings is 1. The Morgan fingerprint density at radius 1 is 1.03 bits per heavy atom. The van der Waals surface area contributed by atoms with Crippen LogP contribution < -0.4 is 9.80 Å². The molecule has 0 radical (unpaired) electrons. The molecule has 0 bridgehead atoms. The van der Waals surface area contributed by atoms with Crippen molar-refractivity contribution in [2.45, 2.75) is 26.7 Å². The fourth-order valence-corrected chi connectivity index (χ4v) is 4.29. The molecule has 0 atom stereocenters. The highest BCUT2D eigenvalue weighted by Gasteiger charge is 2.23. The monoisotopic (exact) mass is 436 g/mol. The second-order valence-electron chi connectivity index (χ2n) is 7.89. The Morgan fingerprint density at radius 3 is 2.58 bits per heavy atom. The zero-order valence-electron chi connectivity index (χ0n) is 17.8. The number of hydrogen-bond acceptors (Lipinski definition) is 6. The summed E-state index contributed by atoms with van der Waals surface area (Å²) < 4.78 is 7.34. The molecule has 7 nitrogen and oxygen atoms in total. The number of rotatable bonds is 5. The minimum absolute atomic E-state index is 0.556. The summed E-state index contributed by atoms with van der Waals surface area (Å²) in [7, 11) is 0. The van der Waals surface area contributed by atoms with Gasteiger partial charge in [0.2, 0.25) is 5.82 Å². The van der Waals surface area contributed by atoms with Crippen molar-refractivity contribution in [2.24, 2.45) is 0 Å². The van der Waals surface area contributed by atoms with E-state index in [-0.39, 0.29) is 0 Å². The first-order valence-corrected chi connectivity index (χ1v) is 11.1. The first kappa shape index (κ1) is 19.9. The second-order valence-corrected chi connectivity index (χ2v) is 8.32. The van der Waals surface area contributed by atoms with E-state index in [1.807, 2.05) is 22.7 Å². The van der Waals surface area contributed by atoms with Crippen molar-refractivity contribution in [3.05, 3.63) is 58.9 Å².